The lowest BCUT2D eigenvalue weighted by atomic mass is 10.1. The maximum absolute atomic E-state index is 13.8. The minimum atomic E-state index is -0.205. The fraction of sp³-hybridized carbons (Fsp3) is 0.600. The number of ether oxygens (including phenoxy) is 1. The number of piperazine rings is 1. The smallest absolute Gasteiger partial charge is 0.138 e. The molecule has 1 aromatic carbocycles. The topological polar surface area (TPSA) is 24.5 Å². The number of nitrogens with one attached hydrogen (secondary N) is 1. The molecule has 5 heteroatoms. The first-order valence-electron chi connectivity index (χ1n) is 7.22. The summed E-state index contributed by atoms with van der Waals surface area (Å²) in [6.07, 6.45) is 0. The van der Waals surface area contributed by atoms with Crippen molar-refractivity contribution in [1.29, 1.82) is 0 Å². The molecule has 2 aliphatic heterocycles. The van der Waals surface area contributed by atoms with E-state index in [1.807, 2.05) is 20.8 Å². The third-order valence-corrected chi connectivity index (χ3v) is 4.71. The summed E-state index contributed by atoms with van der Waals surface area (Å²) in [5.41, 5.74) is 1.82. The van der Waals surface area contributed by atoms with Gasteiger partial charge in [0.05, 0.1) is 10.5 Å². The molecule has 3 nitrogen and oxygen atoms in total. The summed E-state index contributed by atoms with van der Waals surface area (Å²) in [6.45, 7) is 10.3. The summed E-state index contributed by atoms with van der Waals surface area (Å²) in [6, 6.07) is 1.98. The highest BCUT2D eigenvalue weighted by molar-refractivity contribution is 9.10. The lowest BCUT2D eigenvalue weighted by molar-refractivity contribution is 0.120. The zero-order valence-corrected chi connectivity index (χ0v) is 13.9. The van der Waals surface area contributed by atoms with E-state index in [0.29, 0.717) is 17.1 Å². The van der Waals surface area contributed by atoms with Gasteiger partial charge in [0.1, 0.15) is 18.2 Å². The number of hydrogen-bond acceptors (Lipinski definition) is 3. The fourth-order valence-corrected chi connectivity index (χ4v) is 2.99. The largest absolute Gasteiger partial charge is 0.491 e. The second-order valence-electron chi connectivity index (χ2n) is 4.93. The number of fused-ring (bicyclic) bond motifs is 2. The van der Waals surface area contributed by atoms with Crippen LogP contribution in [0.5, 0.6) is 5.75 Å². The van der Waals surface area contributed by atoms with Crippen molar-refractivity contribution in [2.24, 2.45) is 0 Å². The van der Waals surface area contributed by atoms with Crippen LogP contribution in [0.3, 0.4) is 0 Å². The molecule has 3 rings (SSSR count). The van der Waals surface area contributed by atoms with Crippen LogP contribution < -0.4 is 10.1 Å². The summed E-state index contributed by atoms with van der Waals surface area (Å²) >= 11 is 3.28. The molecule has 1 unspecified atom stereocenters. The number of rotatable bonds is 0. The normalized spacial score (nSPS) is 21.8. The molecule has 2 heterocycles. The Kier molecular flexibility index (Phi) is 5.41. The first-order chi connectivity index (χ1) is 9.66. The van der Waals surface area contributed by atoms with Crippen LogP contribution in [-0.2, 0) is 6.54 Å². The molecule has 112 valence electrons. The minimum absolute atomic E-state index is 0.205. The third-order valence-electron chi connectivity index (χ3n) is 3.74. The van der Waals surface area contributed by atoms with Crippen LogP contribution in [0.4, 0.5) is 4.39 Å². The Balaban J connectivity index is 0.000000704. The molecule has 20 heavy (non-hydrogen) atoms. The SMILES string of the molecule is CC.Cc1c(Br)c(F)cc2c1OCC1CNCCN1C2. The molecular weight excluding hydrogens is 323 g/mol. The maximum Gasteiger partial charge on any atom is 0.138 e. The molecule has 1 saturated heterocycles. The lowest BCUT2D eigenvalue weighted by Gasteiger charge is -2.33. The van der Waals surface area contributed by atoms with Crippen LogP contribution in [-0.4, -0.2) is 37.2 Å². The number of nitrogens with zero attached hydrogens (tertiary/aromatic N) is 1. The predicted molar refractivity (Wildman–Crippen MR) is 82.7 cm³/mol. The molecule has 0 bridgehead atoms. The van der Waals surface area contributed by atoms with Gasteiger partial charge < -0.3 is 10.1 Å². The van der Waals surface area contributed by atoms with Crippen molar-refractivity contribution < 1.29 is 9.13 Å². The molecule has 0 spiro atoms. The third kappa shape index (κ3) is 3.00. The lowest BCUT2D eigenvalue weighted by Crippen LogP contribution is -2.52. The Morgan fingerprint density at radius 1 is 1.45 bits per heavy atom. The van der Waals surface area contributed by atoms with E-state index in [9.17, 15) is 4.39 Å². The Morgan fingerprint density at radius 3 is 2.95 bits per heavy atom. The Bertz CT molecular complexity index is 481. The highest BCUT2D eigenvalue weighted by Crippen LogP contribution is 2.35. The van der Waals surface area contributed by atoms with Gasteiger partial charge in [0.15, 0.2) is 0 Å². The Morgan fingerprint density at radius 2 is 2.20 bits per heavy atom. The number of benzene rings is 1. The maximum atomic E-state index is 13.8. The monoisotopic (exact) mass is 344 g/mol. The summed E-state index contributed by atoms with van der Waals surface area (Å²) in [4.78, 5) is 2.37. The molecule has 0 amide bonds. The van der Waals surface area contributed by atoms with Crippen LogP contribution >= 0.6 is 15.9 Å². The molecule has 1 fully saturated rings. The molecule has 0 saturated carbocycles. The van der Waals surface area contributed by atoms with Crippen molar-refractivity contribution in [2.75, 3.05) is 26.2 Å². The highest BCUT2D eigenvalue weighted by atomic mass is 79.9. The summed E-state index contributed by atoms with van der Waals surface area (Å²) in [5, 5.41) is 3.37. The molecule has 0 aliphatic carbocycles. The molecule has 1 aromatic rings. The van der Waals surface area contributed by atoms with E-state index in [0.717, 1.165) is 43.1 Å². The molecule has 0 radical (unpaired) electrons. The predicted octanol–water partition coefficient (Wildman–Crippen LogP) is 3.09. The number of hydrogen-bond donors (Lipinski definition) is 1. The minimum Gasteiger partial charge on any atom is -0.491 e. The van der Waals surface area contributed by atoms with Crippen molar-refractivity contribution >= 4 is 15.9 Å². The van der Waals surface area contributed by atoms with Gasteiger partial charge in [-0.3, -0.25) is 4.90 Å². The van der Waals surface area contributed by atoms with Crippen molar-refractivity contribution in [1.82, 2.24) is 10.2 Å². The second-order valence-corrected chi connectivity index (χ2v) is 5.72. The molecule has 1 atom stereocenters. The van der Waals surface area contributed by atoms with E-state index in [4.69, 9.17) is 4.74 Å². The van der Waals surface area contributed by atoms with Gasteiger partial charge in [0.25, 0.3) is 0 Å². The van der Waals surface area contributed by atoms with E-state index in [2.05, 4.69) is 26.1 Å². The van der Waals surface area contributed by atoms with Gasteiger partial charge in [-0.2, -0.15) is 0 Å². The van der Waals surface area contributed by atoms with Crippen molar-refractivity contribution in [3.8, 4) is 5.75 Å². The van der Waals surface area contributed by atoms with Gasteiger partial charge in [-0.25, -0.2) is 4.39 Å². The van der Waals surface area contributed by atoms with Crippen LogP contribution in [0.25, 0.3) is 0 Å². The van der Waals surface area contributed by atoms with E-state index in [-0.39, 0.29) is 5.82 Å². The quantitative estimate of drug-likeness (QED) is 0.782. The Labute approximate surface area is 128 Å². The standard InChI is InChI=1S/C13H16BrFN2O.C2H6/c1-8-12(14)11(15)4-9-6-17-3-2-16-5-10(17)7-18-13(8)9;1-2/h4,10,16H,2-3,5-7H2,1H3;1-2H3. The number of halogens is 2. The molecular formula is C15H22BrFN2O. The van der Waals surface area contributed by atoms with Gasteiger partial charge in [-0.05, 0) is 28.9 Å². The second kappa shape index (κ2) is 6.87. The average Bonchev–Trinajstić information content (AvgIpc) is 2.66. The highest BCUT2D eigenvalue weighted by Gasteiger charge is 2.28. The fourth-order valence-electron chi connectivity index (χ4n) is 2.69. The van der Waals surface area contributed by atoms with Gasteiger partial charge in [-0.15, -0.1) is 0 Å². The van der Waals surface area contributed by atoms with Gasteiger partial charge in [0, 0.05) is 37.3 Å². The van der Waals surface area contributed by atoms with Crippen molar-refractivity contribution in [2.45, 2.75) is 33.4 Å². The molecule has 1 N–H and O–H groups in total. The summed E-state index contributed by atoms with van der Waals surface area (Å²) < 4.78 is 20.2. The van der Waals surface area contributed by atoms with E-state index < -0.39 is 0 Å². The van der Waals surface area contributed by atoms with Crippen molar-refractivity contribution in [3.63, 3.8) is 0 Å². The van der Waals surface area contributed by atoms with Crippen LogP contribution in [0, 0.1) is 12.7 Å². The van der Waals surface area contributed by atoms with Crippen LogP contribution in [0.2, 0.25) is 0 Å². The van der Waals surface area contributed by atoms with Crippen LogP contribution in [0.1, 0.15) is 25.0 Å². The first kappa shape index (κ1) is 15.7. The zero-order chi connectivity index (χ0) is 14.7. The van der Waals surface area contributed by atoms with Gasteiger partial charge in [0.2, 0.25) is 0 Å². The average molecular weight is 345 g/mol. The summed E-state index contributed by atoms with van der Waals surface area (Å²) in [7, 11) is 0. The van der Waals surface area contributed by atoms with E-state index >= 15 is 0 Å². The molecule has 2 aliphatic rings. The van der Waals surface area contributed by atoms with Gasteiger partial charge in [-0.1, -0.05) is 13.8 Å². The van der Waals surface area contributed by atoms with Crippen molar-refractivity contribution in [3.05, 3.63) is 27.5 Å². The zero-order valence-electron chi connectivity index (χ0n) is 12.3. The molecule has 0 aromatic heterocycles. The van der Waals surface area contributed by atoms with Crippen LogP contribution in [0.15, 0.2) is 10.5 Å². The summed E-state index contributed by atoms with van der Waals surface area (Å²) in [5.74, 6) is 0.640. The van der Waals surface area contributed by atoms with E-state index in [1.54, 1.807) is 6.07 Å². The Hall–Kier alpha value is -0.650. The van der Waals surface area contributed by atoms with E-state index in [1.165, 1.54) is 0 Å². The van der Waals surface area contributed by atoms with Gasteiger partial charge >= 0.3 is 0 Å². The first-order valence-corrected chi connectivity index (χ1v) is 8.01.